The average Bonchev–Trinajstić information content (AvgIpc) is 2.44. The minimum atomic E-state index is 0.121. The molecular weight excluding hydrogens is 252 g/mol. The van der Waals surface area contributed by atoms with Gasteiger partial charge in [0, 0.05) is 17.8 Å². The number of amides is 1. The molecular formula is C16H16N2O2. The molecule has 0 bridgehead atoms. The molecule has 4 nitrogen and oxygen atoms in total. The fourth-order valence-corrected chi connectivity index (χ4v) is 2.54. The molecule has 0 aliphatic carbocycles. The van der Waals surface area contributed by atoms with Gasteiger partial charge >= 0.3 is 0 Å². The molecule has 2 aromatic carbocycles. The van der Waals surface area contributed by atoms with Gasteiger partial charge in [0.1, 0.15) is 5.75 Å². The molecule has 3 rings (SSSR count). The number of phenolic OH excluding ortho intramolecular Hbond substituents is 1. The van der Waals surface area contributed by atoms with Gasteiger partial charge in [-0.05, 0) is 47.9 Å². The van der Waals surface area contributed by atoms with E-state index in [0.717, 1.165) is 28.9 Å². The number of nitrogen functional groups attached to an aromatic ring is 1. The van der Waals surface area contributed by atoms with E-state index in [9.17, 15) is 9.90 Å². The van der Waals surface area contributed by atoms with Crippen LogP contribution in [0.25, 0.3) is 0 Å². The van der Waals surface area contributed by atoms with Crippen molar-refractivity contribution in [3.63, 3.8) is 0 Å². The average molecular weight is 268 g/mol. The van der Waals surface area contributed by atoms with Gasteiger partial charge in [-0.25, -0.2) is 0 Å². The lowest BCUT2D eigenvalue weighted by atomic mass is 10.00. The zero-order chi connectivity index (χ0) is 14.1. The van der Waals surface area contributed by atoms with Crippen molar-refractivity contribution in [2.75, 3.05) is 10.6 Å². The molecule has 2 aromatic rings. The minimum absolute atomic E-state index is 0.121. The number of hydrogen-bond donors (Lipinski definition) is 2. The van der Waals surface area contributed by atoms with E-state index in [1.165, 1.54) is 0 Å². The maximum Gasteiger partial charge on any atom is 0.227 e. The number of aromatic hydroxyl groups is 1. The largest absolute Gasteiger partial charge is 0.508 e. The van der Waals surface area contributed by atoms with Gasteiger partial charge in [-0.15, -0.1) is 0 Å². The standard InChI is InChI=1S/C16H16N2O2/c17-13-4-7-15-12(9-13)3-8-16(20)18(15)10-11-1-5-14(19)6-2-11/h1-2,4-7,9,19H,3,8,10,17H2. The van der Waals surface area contributed by atoms with Crippen LogP contribution in [0.3, 0.4) is 0 Å². The van der Waals surface area contributed by atoms with Crippen molar-refractivity contribution in [3.8, 4) is 5.75 Å². The molecule has 20 heavy (non-hydrogen) atoms. The molecule has 0 saturated heterocycles. The van der Waals surface area contributed by atoms with Crippen molar-refractivity contribution in [1.29, 1.82) is 0 Å². The first-order valence-electron chi connectivity index (χ1n) is 6.60. The molecule has 1 heterocycles. The third-order valence-corrected chi connectivity index (χ3v) is 3.58. The summed E-state index contributed by atoms with van der Waals surface area (Å²) < 4.78 is 0. The maximum atomic E-state index is 12.2. The van der Waals surface area contributed by atoms with E-state index in [-0.39, 0.29) is 11.7 Å². The second-order valence-electron chi connectivity index (χ2n) is 5.03. The van der Waals surface area contributed by atoms with Gasteiger partial charge in [0.25, 0.3) is 0 Å². The predicted molar refractivity (Wildman–Crippen MR) is 78.5 cm³/mol. The van der Waals surface area contributed by atoms with Crippen LogP contribution in [-0.4, -0.2) is 11.0 Å². The summed E-state index contributed by atoms with van der Waals surface area (Å²) in [5.41, 5.74) is 9.56. The van der Waals surface area contributed by atoms with Gasteiger partial charge < -0.3 is 15.7 Å². The first kappa shape index (κ1) is 12.5. The highest BCUT2D eigenvalue weighted by molar-refractivity contribution is 5.96. The summed E-state index contributed by atoms with van der Waals surface area (Å²) in [5.74, 6) is 0.349. The third-order valence-electron chi connectivity index (χ3n) is 3.58. The van der Waals surface area contributed by atoms with Gasteiger partial charge in [-0.1, -0.05) is 12.1 Å². The summed E-state index contributed by atoms with van der Waals surface area (Å²) in [4.78, 5) is 13.9. The van der Waals surface area contributed by atoms with Gasteiger partial charge in [0.15, 0.2) is 0 Å². The third kappa shape index (κ3) is 2.32. The fourth-order valence-electron chi connectivity index (χ4n) is 2.54. The number of phenols is 1. The van der Waals surface area contributed by atoms with Crippen LogP contribution in [0.5, 0.6) is 5.75 Å². The molecule has 0 fully saturated rings. The van der Waals surface area contributed by atoms with Gasteiger partial charge in [-0.2, -0.15) is 0 Å². The number of carbonyl (C=O) groups excluding carboxylic acids is 1. The highest BCUT2D eigenvalue weighted by atomic mass is 16.3. The molecule has 0 spiro atoms. The second-order valence-corrected chi connectivity index (χ2v) is 5.03. The molecule has 102 valence electrons. The Morgan fingerprint density at radius 3 is 2.60 bits per heavy atom. The molecule has 4 heteroatoms. The van der Waals surface area contributed by atoms with Gasteiger partial charge in [0.05, 0.1) is 6.54 Å². The zero-order valence-corrected chi connectivity index (χ0v) is 11.0. The van der Waals surface area contributed by atoms with E-state index < -0.39 is 0 Å². The van der Waals surface area contributed by atoms with Crippen LogP contribution in [0, 0.1) is 0 Å². The molecule has 0 radical (unpaired) electrons. The normalized spacial score (nSPS) is 14.2. The Kier molecular flexibility index (Phi) is 3.06. The summed E-state index contributed by atoms with van der Waals surface area (Å²) in [6, 6.07) is 12.6. The fraction of sp³-hybridized carbons (Fsp3) is 0.188. The molecule has 1 amide bonds. The number of benzene rings is 2. The smallest absolute Gasteiger partial charge is 0.227 e. The molecule has 0 saturated carbocycles. The lowest BCUT2D eigenvalue weighted by Crippen LogP contribution is -2.34. The molecule has 0 aromatic heterocycles. The Hall–Kier alpha value is -2.49. The Morgan fingerprint density at radius 1 is 1.10 bits per heavy atom. The maximum absolute atomic E-state index is 12.2. The van der Waals surface area contributed by atoms with Crippen LogP contribution >= 0.6 is 0 Å². The van der Waals surface area contributed by atoms with Gasteiger partial charge in [-0.3, -0.25) is 4.79 Å². The number of nitrogens with zero attached hydrogens (tertiary/aromatic N) is 1. The molecule has 0 atom stereocenters. The van der Waals surface area contributed by atoms with E-state index in [1.807, 2.05) is 30.3 Å². The van der Waals surface area contributed by atoms with Crippen molar-refractivity contribution in [1.82, 2.24) is 0 Å². The molecule has 0 unspecified atom stereocenters. The van der Waals surface area contributed by atoms with E-state index in [0.29, 0.717) is 13.0 Å². The second kappa shape index (κ2) is 4.89. The van der Waals surface area contributed by atoms with Crippen LogP contribution in [0.2, 0.25) is 0 Å². The van der Waals surface area contributed by atoms with Gasteiger partial charge in [0.2, 0.25) is 5.91 Å². The summed E-state index contributed by atoms with van der Waals surface area (Å²) >= 11 is 0. The highest BCUT2D eigenvalue weighted by Crippen LogP contribution is 2.30. The van der Waals surface area contributed by atoms with E-state index >= 15 is 0 Å². The Morgan fingerprint density at radius 2 is 1.85 bits per heavy atom. The van der Waals surface area contributed by atoms with Crippen LogP contribution < -0.4 is 10.6 Å². The van der Waals surface area contributed by atoms with Crippen LogP contribution in [0.1, 0.15) is 17.5 Å². The van der Waals surface area contributed by atoms with Crippen molar-refractivity contribution in [3.05, 3.63) is 53.6 Å². The van der Waals surface area contributed by atoms with E-state index in [4.69, 9.17) is 5.73 Å². The molecule has 1 aliphatic heterocycles. The summed E-state index contributed by atoms with van der Waals surface area (Å²) in [5, 5.41) is 9.31. The SMILES string of the molecule is Nc1ccc2c(c1)CCC(=O)N2Cc1ccc(O)cc1. The first-order valence-corrected chi connectivity index (χ1v) is 6.60. The number of anilines is 2. The van der Waals surface area contributed by atoms with Crippen molar-refractivity contribution >= 4 is 17.3 Å². The lowest BCUT2D eigenvalue weighted by molar-refractivity contribution is -0.119. The monoisotopic (exact) mass is 268 g/mol. The Bertz CT molecular complexity index is 650. The Labute approximate surface area is 117 Å². The molecule has 3 N–H and O–H groups in total. The number of aryl methyl sites for hydroxylation is 1. The van der Waals surface area contributed by atoms with E-state index in [1.54, 1.807) is 17.0 Å². The highest BCUT2D eigenvalue weighted by Gasteiger charge is 2.24. The number of hydrogen-bond acceptors (Lipinski definition) is 3. The number of nitrogens with two attached hydrogens (primary N) is 1. The summed E-state index contributed by atoms with van der Waals surface area (Å²) in [6.45, 7) is 0.510. The number of rotatable bonds is 2. The quantitative estimate of drug-likeness (QED) is 0.822. The number of fused-ring (bicyclic) bond motifs is 1. The number of carbonyl (C=O) groups is 1. The van der Waals surface area contributed by atoms with Crippen LogP contribution in [0.4, 0.5) is 11.4 Å². The predicted octanol–water partition coefficient (Wildman–Crippen LogP) is 2.45. The lowest BCUT2D eigenvalue weighted by Gasteiger charge is -2.29. The van der Waals surface area contributed by atoms with Crippen molar-refractivity contribution in [2.45, 2.75) is 19.4 Å². The van der Waals surface area contributed by atoms with Crippen molar-refractivity contribution in [2.24, 2.45) is 0 Å². The Balaban J connectivity index is 1.93. The summed E-state index contributed by atoms with van der Waals surface area (Å²) in [6.07, 6.45) is 1.25. The minimum Gasteiger partial charge on any atom is -0.508 e. The van der Waals surface area contributed by atoms with Crippen LogP contribution in [-0.2, 0) is 17.8 Å². The van der Waals surface area contributed by atoms with E-state index in [2.05, 4.69) is 0 Å². The molecule has 1 aliphatic rings. The first-order chi connectivity index (χ1) is 9.63. The van der Waals surface area contributed by atoms with Crippen molar-refractivity contribution < 1.29 is 9.90 Å². The zero-order valence-electron chi connectivity index (χ0n) is 11.0. The van der Waals surface area contributed by atoms with Crippen LogP contribution in [0.15, 0.2) is 42.5 Å². The topological polar surface area (TPSA) is 66.6 Å². The summed E-state index contributed by atoms with van der Waals surface area (Å²) in [7, 11) is 0.